The summed E-state index contributed by atoms with van der Waals surface area (Å²) in [5.41, 5.74) is 0. The first-order chi connectivity index (χ1) is 7.29. The Hall–Kier alpha value is -1.38. The van der Waals surface area contributed by atoms with E-state index in [0.29, 0.717) is 25.0 Å². The van der Waals surface area contributed by atoms with Gasteiger partial charge in [-0.25, -0.2) is 4.98 Å². The molecule has 1 aliphatic rings. The van der Waals surface area contributed by atoms with Crippen LogP contribution in [0.1, 0.15) is 18.7 Å². The third-order valence-electron chi connectivity index (χ3n) is 2.44. The minimum Gasteiger partial charge on any atom is -0.390 e. The minimum atomic E-state index is -0.466. The predicted octanol–water partition coefficient (Wildman–Crippen LogP) is -0.132. The number of rotatable bonds is 5. The van der Waals surface area contributed by atoms with Crippen LogP contribution in [0.2, 0.25) is 0 Å². The number of nitrogens with zero attached hydrogens (tertiary/aromatic N) is 3. The van der Waals surface area contributed by atoms with Crippen LogP contribution in [0, 0.1) is 11.3 Å². The molecule has 1 heterocycles. The van der Waals surface area contributed by atoms with Crippen molar-refractivity contribution < 1.29 is 5.11 Å². The van der Waals surface area contributed by atoms with Gasteiger partial charge in [0.1, 0.15) is 6.07 Å². The minimum absolute atomic E-state index is 0.348. The van der Waals surface area contributed by atoms with Crippen molar-refractivity contribution in [3.63, 3.8) is 0 Å². The molecule has 80 valence electrons. The number of aliphatic hydroxyl groups is 1. The Morgan fingerprint density at radius 1 is 1.73 bits per heavy atom. The molecule has 0 amide bonds. The van der Waals surface area contributed by atoms with E-state index >= 15 is 0 Å². The fourth-order valence-corrected chi connectivity index (χ4v) is 1.45. The van der Waals surface area contributed by atoms with E-state index in [1.165, 1.54) is 12.8 Å². The van der Waals surface area contributed by atoms with E-state index in [0.717, 1.165) is 0 Å². The fraction of sp³-hybridized carbons (Fsp3) is 0.600. The van der Waals surface area contributed by atoms with Crippen LogP contribution in [0.15, 0.2) is 12.4 Å². The zero-order valence-corrected chi connectivity index (χ0v) is 8.43. The number of aromatic nitrogens is 2. The van der Waals surface area contributed by atoms with Gasteiger partial charge in [0.15, 0.2) is 0 Å². The van der Waals surface area contributed by atoms with Crippen LogP contribution >= 0.6 is 0 Å². The number of nitriles is 1. The highest BCUT2D eigenvalue weighted by Gasteiger charge is 2.21. The second-order valence-electron chi connectivity index (χ2n) is 3.85. The molecule has 1 aromatic rings. The van der Waals surface area contributed by atoms with Crippen LogP contribution in [0.25, 0.3) is 0 Å². The van der Waals surface area contributed by atoms with Crippen molar-refractivity contribution in [3.05, 3.63) is 18.2 Å². The van der Waals surface area contributed by atoms with E-state index in [1.54, 1.807) is 17.0 Å². The Bertz CT molecular complexity index is 364. The molecule has 2 rings (SSSR count). The van der Waals surface area contributed by atoms with Gasteiger partial charge >= 0.3 is 0 Å². The van der Waals surface area contributed by atoms with Crippen LogP contribution in [0.4, 0.5) is 0 Å². The lowest BCUT2D eigenvalue weighted by atomic mass is 10.3. The van der Waals surface area contributed by atoms with Crippen LogP contribution in [0.5, 0.6) is 0 Å². The van der Waals surface area contributed by atoms with E-state index in [9.17, 15) is 5.11 Å². The van der Waals surface area contributed by atoms with Crippen LogP contribution in [-0.2, 0) is 6.54 Å². The second kappa shape index (κ2) is 4.43. The third-order valence-corrected chi connectivity index (χ3v) is 2.44. The molecule has 15 heavy (non-hydrogen) atoms. The van der Waals surface area contributed by atoms with Crippen molar-refractivity contribution in [2.75, 3.05) is 6.54 Å². The molecule has 0 bridgehead atoms. The van der Waals surface area contributed by atoms with Crippen molar-refractivity contribution >= 4 is 0 Å². The van der Waals surface area contributed by atoms with Crippen molar-refractivity contribution in [3.8, 4) is 6.07 Å². The highest BCUT2D eigenvalue weighted by Crippen LogP contribution is 2.18. The monoisotopic (exact) mass is 206 g/mol. The summed E-state index contributed by atoms with van der Waals surface area (Å²) in [6, 6.07) is 2.57. The van der Waals surface area contributed by atoms with Crippen molar-refractivity contribution in [1.29, 1.82) is 5.26 Å². The molecule has 1 saturated carbocycles. The van der Waals surface area contributed by atoms with E-state index < -0.39 is 6.10 Å². The van der Waals surface area contributed by atoms with Gasteiger partial charge in [-0.15, -0.1) is 0 Å². The lowest BCUT2D eigenvalue weighted by Crippen LogP contribution is -2.31. The number of aliphatic hydroxyl groups excluding tert-OH is 1. The molecule has 0 aliphatic heterocycles. The molecule has 1 aliphatic carbocycles. The quantitative estimate of drug-likeness (QED) is 0.703. The first kappa shape index (κ1) is 10.1. The topological polar surface area (TPSA) is 73.9 Å². The Labute approximate surface area is 88.4 Å². The molecular weight excluding hydrogens is 192 g/mol. The Balaban J connectivity index is 1.82. The molecule has 0 aromatic carbocycles. The van der Waals surface area contributed by atoms with Gasteiger partial charge in [-0.05, 0) is 12.8 Å². The lowest BCUT2D eigenvalue weighted by molar-refractivity contribution is 0.150. The summed E-state index contributed by atoms with van der Waals surface area (Å²) in [4.78, 5) is 3.87. The molecular formula is C10H14N4O. The van der Waals surface area contributed by atoms with Crippen LogP contribution in [-0.4, -0.2) is 33.3 Å². The third kappa shape index (κ3) is 2.78. The van der Waals surface area contributed by atoms with Gasteiger partial charge in [0.05, 0.1) is 12.6 Å². The van der Waals surface area contributed by atoms with Crippen molar-refractivity contribution in [2.24, 2.45) is 0 Å². The standard InChI is InChI=1S/C10H14N4O/c11-5-10-12-3-4-14(10)7-9(15)6-13-8-1-2-8/h3-4,8-9,13,15H,1-2,6-7H2. The predicted molar refractivity (Wildman–Crippen MR) is 54.0 cm³/mol. The van der Waals surface area contributed by atoms with E-state index in [-0.39, 0.29) is 0 Å². The largest absolute Gasteiger partial charge is 0.390 e. The first-order valence-electron chi connectivity index (χ1n) is 5.12. The SMILES string of the molecule is N#Cc1nccn1CC(O)CNC1CC1. The maximum atomic E-state index is 9.70. The van der Waals surface area contributed by atoms with Crippen molar-refractivity contribution in [2.45, 2.75) is 31.5 Å². The molecule has 1 fully saturated rings. The summed E-state index contributed by atoms with van der Waals surface area (Å²) in [5.74, 6) is 0.348. The van der Waals surface area contributed by atoms with Gasteiger partial charge < -0.3 is 15.0 Å². The molecule has 0 spiro atoms. The molecule has 0 saturated heterocycles. The summed E-state index contributed by atoms with van der Waals surface area (Å²) >= 11 is 0. The smallest absolute Gasteiger partial charge is 0.212 e. The van der Waals surface area contributed by atoms with E-state index in [1.807, 2.05) is 6.07 Å². The van der Waals surface area contributed by atoms with Gasteiger partial charge in [-0.2, -0.15) is 5.26 Å². The van der Waals surface area contributed by atoms with Gasteiger partial charge in [0, 0.05) is 25.0 Å². The summed E-state index contributed by atoms with van der Waals surface area (Å²) in [6.07, 6.45) is 5.23. The number of imidazole rings is 1. The highest BCUT2D eigenvalue weighted by atomic mass is 16.3. The molecule has 2 N–H and O–H groups in total. The zero-order chi connectivity index (χ0) is 10.7. The van der Waals surface area contributed by atoms with Gasteiger partial charge in [-0.3, -0.25) is 0 Å². The molecule has 1 aromatic heterocycles. The van der Waals surface area contributed by atoms with Gasteiger partial charge in [0.25, 0.3) is 0 Å². The first-order valence-corrected chi connectivity index (χ1v) is 5.12. The zero-order valence-electron chi connectivity index (χ0n) is 8.43. The fourth-order valence-electron chi connectivity index (χ4n) is 1.45. The summed E-state index contributed by atoms with van der Waals surface area (Å²) in [6.45, 7) is 0.996. The van der Waals surface area contributed by atoms with Crippen LogP contribution < -0.4 is 5.32 Å². The summed E-state index contributed by atoms with van der Waals surface area (Å²) in [7, 11) is 0. The molecule has 5 nitrogen and oxygen atoms in total. The maximum absolute atomic E-state index is 9.70. The molecule has 1 unspecified atom stereocenters. The maximum Gasteiger partial charge on any atom is 0.212 e. The Kier molecular flexibility index (Phi) is 2.99. The summed E-state index contributed by atoms with van der Waals surface area (Å²) < 4.78 is 1.67. The highest BCUT2D eigenvalue weighted by molar-refractivity contribution is 5.11. The Morgan fingerprint density at radius 2 is 2.53 bits per heavy atom. The van der Waals surface area contributed by atoms with Crippen molar-refractivity contribution in [1.82, 2.24) is 14.9 Å². The summed E-state index contributed by atoms with van der Waals surface area (Å²) in [5, 5.41) is 21.7. The van der Waals surface area contributed by atoms with E-state index in [4.69, 9.17) is 5.26 Å². The second-order valence-corrected chi connectivity index (χ2v) is 3.85. The number of hydrogen-bond acceptors (Lipinski definition) is 4. The average molecular weight is 206 g/mol. The average Bonchev–Trinajstić information content (AvgIpc) is 2.96. The number of hydrogen-bond donors (Lipinski definition) is 2. The molecule has 0 radical (unpaired) electrons. The number of nitrogens with one attached hydrogen (secondary N) is 1. The normalized spacial score (nSPS) is 17.3. The Morgan fingerprint density at radius 3 is 3.20 bits per heavy atom. The molecule has 5 heteroatoms. The lowest BCUT2D eigenvalue weighted by Gasteiger charge is -2.12. The van der Waals surface area contributed by atoms with E-state index in [2.05, 4.69) is 10.3 Å². The van der Waals surface area contributed by atoms with Gasteiger partial charge in [0.2, 0.25) is 5.82 Å². The van der Waals surface area contributed by atoms with Gasteiger partial charge in [-0.1, -0.05) is 0 Å². The molecule has 1 atom stereocenters. The van der Waals surface area contributed by atoms with Crippen LogP contribution in [0.3, 0.4) is 0 Å².